The van der Waals surface area contributed by atoms with Gasteiger partial charge in [0.1, 0.15) is 5.82 Å². The van der Waals surface area contributed by atoms with Crippen LogP contribution in [0.2, 0.25) is 5.02 Å². The third kappa shape index (κ3) is 2.89. The number of nitrogens with two attached hydrogens (primary N) is 1. The van der Waals surface area contributed by atoms with Crippen LogP contribution in [0.15, 0.2) is 42.5 Å². The van der Waals surface area contributed by atoms with Crippen molar-refractivity contribution >= 4 is 11.6 Å². The van der Waals surface area contributed by atoms with Crippen molar-refractivity contribution in [1.29, 1.82) is 0 Å². The number of aryl methyl sites for hydroxylation is 1. The molecular weight excluding hydrogens is 249 g/mol. The fourth-order valence-corrected chi connectivity index (χ4v) is 2.16. The molecule has 0 radical (unpaired) electrons. The van der Waals surface area contributed by atoms with Gasteiger partial charge in [-0.1, -0.05) is 53.6 Å². The van der Waals surface area contributed by atoms with E-state index in [0.717, 1.165) is 16.7 Å². The molecule has 18 heavy (non-hydrogen) atoms. The van der Waals surface area contributed by atoms with Gasteiger partial charge in [0.2, 0.25) is 0 Å². The van der Waals surface area contributed by atoms with E-state index in [0.29, 0.717) is 6.42 Å². The van der Waals surface area contributed by atoms with Crippen LogP contribution in [0.5, 0.6) is 0 Å². The first-order valence-electron chi connectivity index (χ1n) is 5.83. The Morgan fingerprint density at radius 2 is 1.94 bits per heavy atom. The predicted octanol–water partition coefficient (Wildman–Crippen LogP) is 4.03. The Kier molecular flexibility index (Phi) is 4.00. The van der Waals surface area contributed by atoms with Gasteiger partial charge in [0.25, 0.3) is 0 Å². The number of hydrogen-bond donors (Lipinski definition) is 1. The van der Waals surface area contributed by atoms with E-state index in [1.165, 1.54) is 6.07 Å². The van der Waals surface area contributed by atoms with Gasteiger partial charge in [0, 0.05) is 6.04 Å². The van der Waals surface area contributed by atoms with Crippen LogP contribution in [0.3, 0.4) is 0 Å². The molecule has 94 valence electrons. The minimum Gasteiger partial charge on any atom is -0.324 e. The fourth-order valence-electron chi connectivity index (χ4n) is 1.96. The zero-order chi connectivity index (χ0) is 13.1. The van der Waals surface area contributed by atoms with Crippen molar-refractivity contribution in [3.05, 3.63) is 70.0 Å². The summed E-state index contributed by atoms with van der Waals surface area (Å²) in [7, 11) is 0. The lowest BCUT2D eigenvalue weighted by atomic mass is 9.98. The van der Waals surface area contributed by atoms with Gasteiger partial charge in [0.05, 0.1) is 5.02 Å². The third-order valence-electron chi connectivity index (χ3n) is 2.94. The zero-order valence-corrected chi connectivity index (χ0v) is 10.9. The molecule has 3 heteroatoms. The van der Waals surface area contributed by atoms with E-state index < -0.39 is 5.82 Å². The Morgan fingerprint density at radius 3 is 2.67 bits per heavy atom. The standard InChI is InChI=1S/C15H15ClFN/c1-10-4-2-5-11(8-10)14(18)9-12-6-3-7-13(17)15(12)16/h2-8,14H,9,18H2,1H3. The second-order valence-corrected chi connectivity index (χ2v) is 4.82. The van der Waals surface area contributed by atoms with Crippen LogP contribution in [0.4, 0.5) is 4.39 Å². The van der Waals surface area contributed by atoms with Crippen molar-refractivity contribution in [2.45, 2.75) is 19.4 Å². The third-order valence-corrected chi connectivity index (χ3v) is 3.36. The van der Waals surface area contributed by atoms with Gasteiger partial charge in [-0.3, -0.25) is 0 Å². The maximum Gasteiger partial charge on any atom is 0.142 e. The molecule has 0 saturated heterocycles. The van der Waals surface area contributed by atoms with Crippen molar-refractivity contribution in [1.82, 2.24) is 0 Å². The highest BCUT2D eigenvalue weighted by Gasteiger charge is 2.11. The van der Waals surface area contributed by atoms with Gasteiger partial charge in [-0.15, -0.1) is 0 Å². The molecule has 1 atom stereocenters. The van der Waals surface area contributed by atoms with E-state index in [9.17, 15) is 4.39 Å². The van der Waals surface area contributed by atoms with Crippen molar-refractivity contribution in [3.8, 4) is 0 Å². The summed E-state index contributed by atoms with van der Waals surface area (Å²) < 4.78 is 13.3. The average molecular weight is 264 g/mol. The van der Waals surface area contributed by atoms with Gasteiger partial charge >= 0.3 is 0 Å². The van der Waals surface area contributed by atoms with Gasteiger partial charge in [-0.2, -0.15) is 0 Å². The first kappa shape index (κ1) is 13.1. The quantitative estimate of drug-likeness (QED) is 0.889. The number of rotatable bonds is 3. The van der Waals surface area contributed by atoms with E-state index in [2.05, 4.69) is 0 Å². The Labute approximate surface area is 111 Å². The Balaban J connectivity index is 2.21. The van der Waals surface area contributed by atoms with Crippen LogP contribution in [-0.2, 0) is 6.42 Å². The maximum absolute atomic E-state index is 13.3. The van der Waals surface area contributed by atoms with Crippen LogP contribution in [-0.4, -0.2) is 0 Å². The van der Waals surface area contributed by atoms with Crippen LogP contribution in [0.25, 0.3) is 0 Å². The lowest BCUT2D eigenvalue weighted by Crippen LogP contribution is -2.13. The maximum atomic E-state index is 13.3. The monoisotopic (exact) mass is 263 g/mol. The highest BCUT2D eigenvalue weighted by Crippen LogP contribution is 2.24. The molecule has 0 aliphatic rings. The molecule has 0 bridgehead atoms. The SMILES string of the molecule is Cc1cccc(C(N)Cc2cccc(F)c2Cl)c1. The second kappa shape index (κ2) is 5.51. The van der Waals surface area contributed by atoms with E-state index >= 15 is 0 Å². The molecule has 2 rings (SSSR count). The number of hydrogen-bond acceptors (Lipinski definition) is 1. The molecule has 2 aromatic rings. The van der Waals surface area contributed by atoms with Crippen LogP contribution < -0.4 is 5.73 Å². The van der Waals surface area contributed by atoms with Gasteiger partial charge < -0.3 is 5.73 Å². The van der Waals surface area contributed by atoms with E-state index in [4.69, 9.17) is 17.3 Å². The Bertz CT molecular complexity index is 554. The van der Waals surface area contributed by atoms with E-state index in [-0.39, 0.29) is 11.1 Å². The van der Waals surface area contributed by atoms with E-state index in [1.54, 1.807) is 12.1 Å². The number of benzene rings is 2. The highest BCUT2D eigenvalue weighted by molar-refractivity contribution is 6.31. The summed E-state index contributed by atoms with van der Waals surface area (Å²) in [5.74, 6) is -0.398. The molecule has 0 amide bonds. The minimum atomic E-state index is -0.398. The van der Waals surface area contributed by atoms with Crippen LogP contribution in [0, 0.1) is 12.7 Å². The van der Waals surface area contributed by atoms with Gasteiger partial charge in [0.15, 0.2) is 0 Å². The zero-order valence-electron chi connectivity index (χ0n) is 10.2. The van der Waals surface area contributed by atoms with Crippen molar-refractivity contribution in [2.75, 3.05) is 0 Å². The molecule has 0 saturated carbocycles. The summed E-state index contributed by atoms with van der Waals surface area (Å²) in [6.07, 6.45) is 0.528. The van der Waals surface area contributed by atoms with Crippen molar-refractivity contribution in [3.63, 3.8) is 0 Å². The molecule has 2 aromatic carbocycles. The Hall–Kier alpha value is -1.38. The lowest BCUT2D eigenvalue weighted by Gasteiger charge is -2.14. The van der Waals surface area contributed by atoms with Gasteiger partial charge in [-0.05, 0) is 30.5 Å². The summed E-state index contributed by atoms with van der Waals surface area (Å²) in [5.41, 5.74) is 9.07. The minimum absolute atomic E-state index is 0.167. The van der Waals surface area contributed by atoms with Crippen LogP contribution in [0.1, 0.15) is 22.7 Å². The summed E-state index contributed by atoms with van der Waals surface area (Å²) in [4.78, 5) is 0. The van der Waals surface area contributed by atoms with Crippen molar-refractivity contribution < 1.29 is 4.39 Å². The Morgan fingerprint density at radius 1 is 1.22 bits per heavy atom. The molecular formula is C15H15ClFN. The number of halogens is 2. The van der Waals surface area contributed by atoms with E-state index in [1.807, 2.05) is 31.2 Å². The molecule has 0 fully saturated rings. The molecule has 1 nitrogen and oxygen atoms in total. The predicted molar refractivity (Wildman–Crippen MR) is 73.2 cm³/mol. The largest absolute Gasteiger partial charge is 0.324 e. The topological polar surface area (TPSA) is 26.0 Å². The molecule has 0 spiro atoms. The molecule has 1 unspecified atom stereocenters. The molecule has 0 aromatic heterocycles. The molecule has 0 aliphatic heterocycles. The lowest BCUT2D eigenvalue weighted by molar-refractivity contribution is 0.622. The van der Waals surface area contributed by atoms with Crippen LogP contribution >= 0.6 is 11.6 Å². The fraction of sp³-hybridized carbons (Fsp3) is 0.200. The van der Waals surface area contributed by atoms with Gasteiger partial charge in [-0.25, -0.2) is 4.39 Å². The summed E-state index contributed by atoms with van der Waals surface area (Å²) >= 11 is 5.93. The molecule has 0 heterocycles. The first-order chi connectivity index (χ1) is 8.58. The average Bonchev–Trinajstić information content (AvgIpc) is 2.35. The molecule has 2 N–H and O–H groups in total. The van der Waals surface area contributed by atoms with Crippen molar-refractivity contribution in [2.24, 2.45) is 5.73 Å². The summed E-state index contributed by atoms with van der Waals surface area (Å²) in [6.45, 7) is 2.02. The highest BCUT2D eigenvalue weighted by atomic mass is 35.5. The first-order valence-corrected chi connectivity index (χ1v) is 6.21. The summed E-state index contributed by atoms with van der Waals surface area (Å²) in [6, 6.07) is 12.6. The second-order valence-electron chi connectivity index (χ2n) is 4.44. The smallest absolute Gasteiger partial charge is 0.142 e. The molecule has 0 aliphatic carbocycles. The summed E-state index contributed by atoms with van der Waals surface area (Å²) in [5, 5.41) is 0.167. The normalized spacial score (nSPS) is 12.4.